The summed E-state index contributed by atoms with van der Waals surface area (Å²) in [5, 5.41) is 0. The van der Waals surface area contributed by atoms with Gasteiger partial charge >= 0.3 is 5.97 Å². The predicted molar refractivity (Wildman–Crippen MR) is 107 cm³/mol. The van der Waals surface area contributed by atoms with E-state index in [0.29, 0.717) is 5.56 Å². The molecule has 2 aromatic rings. The molecule has 0 saturated carbocycles. The van der Waals surface area contributed by atoms with Gasteiger partial charge in [0.1, 0.15) is 10.1 Å². The van der Waals surface area contributed by atoms with Gasteiger partial charge in [0.2, 0.25) is 0 Å². The number of nitrogens with zero attached hydrogens (tertiary/aromatic N) is 1. The minimum absolute atomic E-state index is 0.183. The summed E-state index contributed by atoms with van der Waals surface area (Å²) >= 11 is 6.39. The van der Waals surface area contributed by atoms with Crippen LogP contribution in [0.1, 0.15) is 24.1 Å². The monoisotopic (exact) mass is 401 g/mol. The average molecular weight is 401 g/mol. The maximum Gasteiger partial charge on any atom is 0.333 e. The third-order valence-electron chi connectivity index (χ3n) is 3.90. The van der Waals surface area contributed by atoms with Gasteiger partial charge in [0.25, 0.3) is 5.91 Å². The average Bonchev–Trinajstić information content (AvgIpc) is 2.93. The highest BCUT2D eigenvalue weighted by Gasteiger charge is 2.42. The van der Waals surface area contributed by atoms with Gasteiger partial charge in [-0.25, -0.2) is 9.18 Å². The number of hydrogen-bond donors (Lipinski definition) is 0. The van der Waals surface area contributed by atoms with Crippen LogP contribution in [0.5, 0.6) is 0 Å². The molecule has 1 aliphatic heterocycles. The predicted octanol–water partition coefficient (Wildman–Crippen LogP) is 4.33. The van der Waals surface area contributed by atoms with Crippen LogP contribution in [-0.4, -0.2) is 27.7 Å². The van der Waals surface area contributed by atoms with Gasteiger partial charge in [0.05, 0.1) is 11.5 Å². The topological polar surface area (TPSA) is 46.6 Å². The maximum atomic E-state index is 13.9. The van der Waals surface area contributed by atoms with Crippen LogP contribution < -0.4 is 0 Å². The summed E-state index contributed by atoms with van der Waals surface area (Å²) in [5.74, 6) is -1.45. The summed E-state index contributed by atoms with van der Waals surface area (Å²) in [7, 11) is 0. The lowest BCUT2D eigenvalue weighted by molar-refractivity contribution is -0.151. The Bertz CT molecular complexity index is 914. The number of rotatable bonds is 5. The fourth-order valence-electron chi connectivity index (χ4n) is 2.68. The molecule has 1 fully saturated rings. The van der Waals surface area contributed by atoms with Gasteiger partial charge < -0.3 is 4.74 Å². The largest absolute Gasteiger partial charge is 0.464 e. The molecule has 0 N–H and O–H groups in total. The summed E-state index contributed by atoms with van der Waals surface area (Å²) in [5.41, 5.74) is 0.879. The Morgan fingerprint density at radius 1 is 1.22 bits per heavy atom. The van der Waals surface area contributed by atoms with Crippen molar-refractivity contribution in [2.45, 2.75) is 13.0 Å². The molecular formula is C20H16FNO3S2. The molecule has 1 atom stereocenters. The lowest BCUT2D eigenvalue weighted by atomic mass is 10.1. The lowest BCUT2D eigenvalue weighted by Crippen LogP contribution is -2.38. The molecule has 27 heavy (non-hydrogen) atoms. The second-order valence-corrected chi connectivity index (χ2v) is 7.31. The van der Waals surface area contributed by atoms with E-state index in [2.05, 4.69) is 0 Å². The molecule has 3 rings (SSSR count). The minimum atomic E-state index is -0.981. The van der Waals surface area contributed by atoms with Crippen LogP contribution in [0.25, 0.3) is 6.08 Å². The molecule has 1 heterocycles. The van der Waals surface area contributed by atoms with Gasteiger partial charge in [-0.1, -0.05) is 72.5 Å². The molecule has 1 amide bonds. The molecule has 2 aromatic carbocycles. The number of carbonyl (C=O) groups excluding carboxylic acids is 2. The number of benzene rings is 2. The molecule has 7 heteroatoms. The summed E-state index contributed by atoms with van der Waals surface area (Å²) in [6.45, 7) is 1.88. The van der Waals surface area contributed by atoms with Crippen molar-refractivity contribution in [3.05, 3.63) is 76.4 Å². The molecule has 0 spiro atoms. The van der Waals surface area contributed by atoms with E-state index in [4.69, 9.17) is 17.0 Å². The number of hydrogen-bond acceptors (Lipinski definition) is 5. The molecule has 138 valence electrons. The van der Waals surface area contributed by atoms with Crippen molar-refractivity contribution < 1.29 is 18.7 Å². The molecule has 4 nitrogen and oxygen atoms in total. The second-order valence-electron chi connectivity index (χ2n) is 5.64. The molecule has 1 unspecified atom stereocenters. The number of carbonyl (C=O) groups is 2. The third-order valence-corrected chi connectivity index (χ3v) is 5.23. The van der Waals surface area contributed by atoms with Crippen LogP contribution in [0.3, 0.4) is 0 Å². The van der Waals surface area contributed by atoms with Gasteiger partial charge in [-0.15, -0.1) is 0 Å². The number of thiocarbonyl (C=S) groups is 1. The van der Waals surface area contributed by atoms with Gasteiger partial charge in [0, 0.05) is 5.56 Å². The first kappa shape index (κ1) is 19.3. The Kier molecular flexibility index (Phi) is 6.03. The number of amides is 1. The van der Waals surface area contributed by atoms with Crippen LogP contribution >= 0.6 is 24.0 Å². The van der Waals surface area contributed by atoms with E-state index < -0.39 is 23.7 Å². The van der Waals surface area contributed by atoms with E-state index >= 15 is 0 Å². The highest BCUT2D eigenvalue weighted by atomic mass is 32.2. The number of esters is 1. The van der Waals surface area contributed by atoms with Crippen molar-refractivity contribution in [3.8, 4) is 0 Å². The molecule has 1 aliphatic rings. The van der Waals surface area contributed by atoms with Gasteiger partial charge in [-0.05, 0) is 24.6 Å². The normalized spacial score (nSPS) is 16.7. The van der Waals surface area contributed by atoms with Crippen LogP contribution in [0, 0.1) is 5.82 Å². The van der Waals surface area contributed by atoms with Gasteiger partial charge in [0.15, 0.2) is 6.04 Å². The van der Waals surface area contributed by atoms with E-state index in [0.717, 1.165) is 11.8 Å². The molecule has 0 aromatic heterocycles. The van der Waals surface area contributed by atoms with Crippen LogP contribution in [0.2, 0.25) is 0 Å². The van der Waals surface area contributed by atoms with Crippen molar-refractivity contribution >= 4 is 46.3 Å². The van der Waals surface area contributed by atoms with E-state index in [9.17, 15) is 14.0 Å². The van der Waals surface area contributed by atoms with Crippen LogP contribution in [0.15, 0.2) is 59.5 Å². The first-order valence-electron chi connectivity index (χ1n) is 8.26. The van der Waals surface area contributed by atoms with Crippen molar-refractivity contribution in [3.63, 3.8) is 0 Å². The summed E-state index contributed by atoms with van der Waals surface area (Å²) in [4.78, 5) is 27.0. The Balaban J connectivity index is 1.99. The molecular weight excluding hydrogens is 385 g/mol. The van der Waals surface area contributed by atoms with Gasteiger partial charge in [-0.3, -0.25) is 9.69 Å². The molecule has 0 bridgehead atoms. The lowest BCUT2D eigenvalue weighted by Gasteiger charge is -2.25. The smallest absolute Gasteiger partial charge is 0.333 e. The Labute approximate surface area is 166 Å². The fourth-order valence-corrected chi connectivity index (χ4v) is 3.99. The molecule has 1 saturated heterocycles. The SMILES string of the molecule is CCOC(=O)C(c1ccccc1)N1C(=O)/C(=C\c2ccccc2F)SC1=S. The summed E-state index contributed by atoms with van der Waals surface area (Å²) in [6.07, 6.45) is 1.45. The van der Waals surface area contributed by atoms with Crippen molar-refractivity contribution in [1.82, 2.24) is 4.90 Å². The van der Waals surface area contributed by atoms with E-state index in [1.807, 2.05) is 6.07 Å². The minimum Gasteiger partial charge on any atom is -0.464 e. The highest BCUT2D eigenvalue weighted by molar-refractivity contribution is 8.26. The van der Waals surface area contributed by atoms with E-state index in [1.165, 1.54) is 17.0 Å². The first-order chi connectivity index (χ1) is 13.0. The van der Waals surface area contributed by atoms with Crippen LogP contribution in [0.4, 0.5) is 4.39 Å². The van der Waals surface area contributed by atoms with Crippen LogP contribution in [-0.2, 0) is 14.3 Å². The zero-order valence-electron chi connectivity index (χ0n) is 14.4. The molecule has 0 aliphatic carbocycles. The van der Waals surface area contributed by atoms with Crippen molar-refractivity contribution in [2.24, 2.45) is 0 Å². The van der Waals surface area contributed by atoms with E-state index in [-0.39, 0.29) is 21.4 Å². The zero-order chi connectivity index (χ0) is 19.4. The standard InChI is InChI=1S/C20H16FNO3S2/c1-2-25-19(24)17(13-8-4-3-5-9-13)22-18(23)16(27-20(22)26)12-14-10-6-7-11-15(14)21/h3-12,17H,2H2,1H3/b16-12+. The van der Waals surface area contributed by atoms with E-state index in [1.54, 1.807) is 49.4 Å². The number of thioether (sulfide) groups is 1. The Morgan fingerprint density at radius 2 is 1.89 bits per heavy atom. The van der Waals surface area contributed by atoms with Crippen molar-refractivity contribution in [2.75, 3.05) is 6.61 Å². The third kappa shape index (κ3) is 4.09. The quantitative estimate of drug-likeness (QED) is 0.424. The van der Waals surface area contributed by atoms with Gasteiger partial charge in [-0.2, -0.15) is 0 Å². The number of halogens is 1. The number of ether oxygens (including phenoxy) is 1. The second kappa shape index (κ2) is 8.45. The zero-order valence-corrected chi connectivity index (χ0v) is 16.1. The Morgan fingerprint density at radius 3 is 2.56 bits per heavy atom. The first-order valence-corrected chi connectivity index (χ1v) is 9.48. The summed E-state index contributed by atoms with van der Waals surface area (Å²) < 4.78 is 19.3. The van der Waals surface area contributed by atoms with Crippen molar-refractivity contribution in [1.29, 1.82) is 0 Å². The highest BCUT2D eigenvalue weighted by Crippen LogP contribution is 2.38. The Hall–Kier alpha value is -2.51. The molecule has 0 radical (unpaired) electrons. The fraction of sp³-hybridized carbons (Fsp3) is 0.150. The summed E-state index contributed by atoms with van der Waals surface area (Å²) in [6, 6.07) is 14.0. The maximum absolute atomic E-state index is 13.9.